The van der Waals surface area contributed by atoms with Crippen LogP contribution in [0.3, 0.4) is 0 Å². The molecule has 4 nitrogen and oxygen atoms in total. The van der Waals surface area contributed by atoms with E-state index in [-0.39, 0.29) is 0 Å². The molecule has 1 fully saturated rings. The molecule has 0 spiro atoms. The van der Waals surface area contributed by atoms with Crippen LogP contribution in [0.5, 0.6) is 0 Å². The van der Waals surface area contributed by atoms with Gasteiger partial charge in [-0.2, -0.15) is 0 Å². The zero-order valence-corrected chi connectivity index (χ0v) is 5.20. The van der Waals surface area contributed by atoms with Gasteiger partial charge in [-0.25, -0.2) is 0 Å². The van der Waals surface area contributed by atoms with Crippen LogP contribution in [0.25, 0.3) is 0 Å². The molecule has 0 radical (unpaired) electrons. The Morgan fingerprint density at radius 2 is 2.67 bits per heavy atom. The van der Waals surface area contributed by atoms with Gasteiger partial charge in [-0.1, -0.05) is 5.16 Å². The second-order valence-electron chi connectivity index (χ2n) is 2.25. The van der Waals surface area contributed by atoms with E-state index in [9.17, 15) is 0 Å². The molecule has 1 unspecified atom stereocenters. The third kappa shape index (κ3) is 0.535. The van der Waals surface area contributed by atoms with Crippen LogP contribution in [0.1, 0.15) is 6.92 Å². The Kier molecular flexibility index (Phi) is 0.778. The fourth-order valence-corrected chi connectivity index (χ4v) is 1.04. The molecule has 50 valence electrons. The van der Waals surface area contributed by atoms with E-state index in [4.69, 9.17) is 9.57 Å². The number of hydrogen-bond donors (Lipinski definition) is 0. The molecule has 0 amide bonds. The topological polar surface area (TPSA) is 34.1 Å². The van der Waals surface area contributed by atoms with Crippen LogP contribution in [-0.4, -0.2) is 30.3 Å². The average molecular weight is 128 g/mol. The summed E-state index contributed by atoms with van der Waals surface area (Å²) in [7, 11) is 0. The summed E-state index contributed by atoms with van der Waals surface area (Å²) in [6, 6.07) is 0. The highest BCUT2D eigenvalue weighted by atomic mass is 16.8. The zero-order chi connectivity index (χ0) is 6.32. The van der Waals surface area contributed by atoms with Gasteiger partial charge >= 0.3 is 5.91 Å². The summed E-state index contributed by atoms with van der Waals surface area (Å²) in [6.07, 6.45) is 1.66. The molecule has 2 heterocycles. The lowest BCUT2D eigenvalue weighted by Crippen LogP contribution is -2.37. The zero-order valence-electron chi connectivity index (χ0n) is 5.20. The standard InChI is InChI=1S/C5H8N2O2/c1-5-7(2-3-8-5)4-6-9-5/h4H,2-3H2,1H3. The first-order chi connectivity index (χ1) is 4.31. The Labute approximate surface area is 53.0 Å². The van der Waals surface area contributed by atoms with E-state index in [1.807, 2.05) is 11.8 Å². The first-order valence-electron chi connectivity index (χ1n) is 2.94. The van der Waals surface area contributed by atoms with Crippen LogP contribution in [0, 0.1) is 0 Å². The lowest BCUT2D eigenvalue weighted by molar-refractivity contribution is -0.228. The third-order valence-corrected chi connectivity index (χ3v) is 1.63. The highest BCUT2D eigenvalue weighted by Gasteiger charge is 2.42. The van der Waals surface area contributed by atoms with Gasteiger partial charge in [0, 0.05) is 13.5 Å². The minimum absolute atomic E-state index is 0.583. The maximum absolute atomic E-state index is 5.24. The summed E-state index contributed by atoms with van der Waals surface area (Å²) in [5, 5.41) is 3.62. The van der Waals surface area contributed by atoms with E-state index in [2.05, 4.69) is 5.16 Å². The van der Waals surface area contributed by atoms with Crippen molar-refractivity contribution in [1.29, 1.82) is 0 Å². The Bertz CT molecular complexity index is 159. The van der Waals surface area contributed by atoms with Crippen molar-refractivity contribution in [2.24, 2.45) is 5.16 Å². The molecule has 0 bridgehead atoms. The molecule has 1 atom stereocenters. The van der Waals surface area contributed by atoms with E-state index in [1.54, 1.807) is 6.34 Å². The van der Waals surface area contributed by atoms with Crippen molar-refractivity contribution < 1.29 is 9.57 Å². The molecule has 4 heteroatoms. The number of ether oxygens (including phenoxy) is 1. The van der Waals surface area contributed by atoms with E-state index in [0.29, 0.717) is 0 Å². The Hall–Kier alpha value is -0.770. The molecule has 0 N–H and O–H groups in total. The smallest absolute Gasteiger partial charge is 0.317 e. The molecule has 2 rings (SSSR count). The van der Waals surface area contributed by atoms with Crippen LogP contribution in [0.4, 0.5) is 0 Å². The SMILES string of the molecule is CC12OCCN1C=NO2. The van der Waals surface area contributed by atoms with Crippen molar-refractivity contribution in [2.45, 2.75) is 12.8 Å². The number of fused-ring (bicyclic) bond motifs is 1. The number of oxime groups is 1. The lowest BCUT2D eigenvalue weighted by Gasteiger charge is -2.21. The van der Waals surface area contributed by atoms with E-state index in [1.165, 1.54) is 0 Å². The molecular formula is C5H8N2O2. The maximum Gasteiger partial charge on any atom is 0.317 e. The number of hydrogen-bond acceptors (Lipinski definition) is 4. The Morgan fingerprint density at radius 3 is 3.44 bits per heavy atom. The minimum Gasteiger partial charge on any atom is -0.337 e. The first-order valence-corrected chi connectivity index (χ1v) is 2.94. The predicted molar refractivity (Wildman–Crippen MR) is 30.6 cm³/mol. The van der Waals surface area contributed by atoms with Crippen LogP contribution in [0.2, 0.25) is 0 Å². The average Bonchev–Trinajstić information content (AvgIpc) is 2.22. The number of nitrogens with zero attached hydrogens (tertiary/aromatic N) is 2. The molecule has 0 aromatic rings. The Balaban J connectivity index is 2.24. The highest BCUT2D eigenvalue weighted by Crippen LogP contribution is 2.26. The first kappa shape index (κ1) is 5.05. The molecule has 0 aromatic carbocycles. The largest absolute Gasteiger partial charge is 0.337 e. The third-order valence-electron chi connectivity index (χ3n) is 1.63. The summed E-state index contributed by atoms with van der Waals surface area (Å²) < 4.78 is 5.24. The minimum atomic E-state index is -0.583. The van der Waals surface area contributed by atoms with Gasteiger partial charge in [-0.05, 0) is 0 Å². The van der Waals surface area contributed by atoms with Crippen molar-refractivity contribution in [3.63, 3.8) is 0 Å². The van der Waals surface area contributed by atoms with Gasteiger partial charge in [0.25, 0.3) is 0 Å². The maximum atomic E-state index is 5.24. The van der Waals surface area contributed by atoms with Gasteiger partial charge < -0.3 is 9.57 Å². The fourth-order valence-electron chi connectivity index (χ4n) is 1.04. The van der Waals surface area contributed by atoms with Gasteiger partial charge in [-0.3, -0.25) is 4.90 Å². The summed E-state index contributed by atoms with van der Waals surface area (Å²) in [5.74, 6) is -0.583. The molecule has 9 heavy (non-hydrogen) atoms. The van der Waals surface area contributed by atoms with Crippen LogP contribution < -0.4 is 0 Å². The van der Waals surface area contributed by atoms with Crippen molar-refractivity contribution in [3.05, 3.63) is 0 Å². The van der Waals surface area contributed by atoms with Gasteiger partial charge in [0.2, 0.25) is 0 Å². The summed E-state index contributed by atoms with van der Waals surface area (Å²) >= 11 is 0. The lowest BCUT2D eigenvalue weighted by atomic mass is 10.5. The molecule has 1 saturated heterocycles. The van der Waals surface area contributed by atoms with Crippen molar-refractivity contribution >= 4 is 6.34 Å². The normalized spacial score (nSPS) is 39.0. The molecule has 2 aliphatic rings. The monoisotopic (exact) mass is 128 g/mol. The summed E-state index contributed by atoms with van der Waals surface area (Å²) in [6.45, 7) is 3.45. The molecule has 2 aliphatic heterocycles. The van der Waals surface area contributed by atoms with E-state index in [0.717, 1.165) is 13.2 Å². The highest BCUT2D eigenvalue weighted by molar-refractivity contribution is 5.56. The van der Waals surface area contributed by atoms with Crippen molar-refractivity contribution in [1.82, 2.24) is 4.90 Å². The van der Waals surface area contributed by atoms with Crippen LogP contribution >= 0.6 is 0 Å². The van der Waals surface area contributed by atoms with Gasteiger partial charge in [0.15, 0.2) is 0 Å². The van der Waals surface area contributed by atoms with Gasteiger partial charge in [0.05, 0.1) is 6.61 Å². The van der Waals surface area contributed by atoms with Crippen LogP contribution in [0.15, 0.2) is 5.16 Å². The van der Waals surface area contributed by atoms with Gasteiger partial charge in [-0.15, -0.1) is 0 Å². The molecule has 0 saturated carbocycles. The quantitative estimate of drug-likeness (QED) is 0.459. The molecule has 0 aliphatic carbocycles. The summed E-state index contributed by atoms with van der Waals surface area (Å²) in [5.41, 5.74) is 0. The fraction of sp³-hybridized carbons (Fsp3) is 0.800. The second-order valence-corrected chi connectivity index (χ2v) is 2.25. The Morgan fingerprint density at radius 1 is 1.78 bits per heavy atom. The van der Waals surface area contributed by atoms with E-state index >= 15 is 0 Å². The predicted octanol–water partition coefficient (Wildman–Crippen LogP) is -0.0342. The second kappa shape index (κ2) is 1.39. The number of rotatable bonds is 0. The summed E-state index contributed by atoms with van der Waals surface area (Å²) in [4.78, 5) is 6.86. The van der Waals surface area contributed by atoms with Crippen molar-refractivity contribution in [2.75, 3.05) is 13.2 Å². The van der Waals surface area contributed by atoms with Gasteiger partial charge in [0.1, 0.15) is 6.34 Å². The molecular weight excluding hydrogens is 120 g/mol. The van der Waals surface area contributed by atoms with Crippen molar-refractivity contribution in [3.8, 4) is 0 Å². The van der Waals surface area contributed by atoms with E-state index < -0.39 is 5.91 Å². The molecule has 0 aromatic heterocycles. The van der Waals surface area contributed by atoms with Crippen LogP contribution in [-0.2, 0) is 9.57 Å².